The van der Waals surface area contributed by atoms with Crippen LogP contribution in [0.5, 0.6) is 5.75 Å². The van der Waals surface area contributed by atoms with Gasteiger partial charge < -0.3 is 10.1 Å². The van der Waals surface area contributed by atoms with Gasteiger partial charge in [-0.2, -0.15) is 5.10 Å². The maximum Gasteiger partial charge on any atom is 0.240 e. The van der Waals surface area contributed by atoms with Crippen molar-refractivity contribution in [2.75, 3.05) is 7.11 Å². The molecule has 3 aromatic rings. The van der Waals surface area contributed by atoms with Crippen LogP contribution in [0.1, 0.15) is 24.9 Å². The number of amides is 1. The van der Waals surface area contributed by atoms with Gasteiger partial charge in [-0.05, 0) is 60.6 Å². The molecular weight excluding hydrogens is 396 g/mol. The van der Waals surface area contributed by atoms with Gasteiger partial charge in [0.2, 0.25) is 5.91 Å². The van der Waals surface area contributed by atoms with E-state index in [1.807, 2.05) is 55.5 Å². The maximum atomic E-state index is 12.7. The third-order valence-corrected chi connectivity index (χ3v) is 4.99. The molecule has 0 saturated carbocycles. The van der Waals surface area contributed by atoms with Gasteiger partial charge in [0.15, 0.2) is 10.6 Å². The number of rotatable bonds is 7. The van der Waals surface area contributed by atoms with Crippen molar-refractivity contribution in [3.05, 3.63) is 63.9 Å². The number of nitrogens with zero attached hydrogens (tertiary/aromatic N) is 2. The van der Waals surface area contributed by atoms with Crippen molar-refractivity contribution >= 4 is 29.7 Å². The number of benzene rings is 2. The van der Waals surface area contributed by atoms with Gasteiger partial charge in [-0.15, -0.1) is 0 Å². The Morgan fingerprint density at radius 3 is 2.54 bits per heavy atom. The first-order valence-electron chi connectivity index (χ1n) is 8.86. The molecule has 28 heavy (non-hydrogen) atoms. The van der Waals surface area contributed by atoms with E-state index in [0.717, 1.165) is 23.3 Å². The topological polar surface area (TPSA) is 71.9 Å². The number of aromatic nitrogens is 3. The van der Waals surface area contributed by atoms with Crippen LogP contribution in [0.3, 0.4) is 0 Å². The zero-order valence-corrected chi connectivity index (χ0v) is 17.2. The molecular formula is C20H21ClN4O2S. The highest BCUT2D eigenvalue weighted by Gasteiger charge is 2.16. The Hall–Kier alpha value is -2.64. The molecule has 1 heterocycles. The fourth-order valence-electron chi connectivity index (χ4n) is 2.92. The standard InChI is InChI=1S/C20H21ClN4O2S/c1-3-17(13-4-8-15(21)9-5-13)22-18(26)12-25-19(23-24-20(25)28)14-6-10-16(27-2)11-7-14/h4-11,17H,3,12H2,1-2H3,(H,22,26)(H,24,28). The highest BCUT2D eigenvalue weighted by Crippen LogP contribution is 2.22. The predicted molar refractivity (Wildman–Crippen MR) is 112 cm³/mol. The van der Waals surface area contributed by atoms with Gasteiger partial charge in [0.05, 0.1) is 13.2 Å². The summed E-state index contributed by atoms with van der Waals surface area (Å²) in [5, 5.41) is 10.8. The van der Waals surface area contributed by atoms with Crippen LogP contribution in [0.2, 0.25) is 5.02 Å². The predicted octanol–water partition coefficient (Wildman–Crippen LogP) is 4.54. The van der Waals surface area contributed by atoms with E-state index in [1.165, 1.54) is 0 Å². The summed E-state index contributed by atoms with van der Waals surface area (Å²) >= 11 is 11.3. The minimum atomic E-state index is -0.144. The molecule has 8 heteroatoms. The summed E-state index contributed by atoms with van der Waals surface area (Å²) in [4.78, 5) is 12.7. The third kappa shape index (κ3) is 4.61. The number of hydrogen-bond acceptors (Lipinski definition) is 4. The fourth-order valence-corrected chi connectivity index (χ4v) is 3.25. The largest absolute Gasteiger partial charge is 0.497 e. The Bertz CT molecular complexity index is 996. The number of methoxy groups -OCH3 is 1. The number of aromatic amines is 1. The maximum absolute atomic E-state index is 12.7. The quantitative estimate of drug-likeness (QED) is 0.555. The summed E-state index contributed by atoms with van der Waals surface area (Å²) < 4.78 is 7.25. The second-order valence-electron chi connectivity index (χ2n) is 6.25. The van der Waals surface area contributed by atoms with Crippen molar-refractivity contribution in [3.63, 3.8) is 0 Å². The van der Waals surface area contributed by atoms with E-state index in [4.69, 9.17) is 28.6 Å². The van der Waals surface area contributed by atoms with Gasteiger partial charge in [-0.1, -0.05) is 30.7 Å². The Balaban J connectivity index is 1.77. The SMILES string of the molecule is CCC(NC(=O)Cn1c(-c2ccc(OC)cc2)n[nH]c1=S)c1ccc(Cl)cc1. The summed E-state index contributed by atoms with van der Waals surface area (Å²) in [6.07, 6.45) is 0.759. The smallest absolute Gasteiger partial charge is 0.240 e. The van der Waals surface area contributed by atoms with Crippen molar-refractivity contribution in [2.45, 2.75) is 25.9 Å². The molecule has 1 atom stereocenters. The van der Waals surface area contributed by atoms with E-state index in [-0.39, 0.29) is 18.5 Å². The molecule has 0 fully saturated rings. The first-order chi connectivity index (χ1) is 13.5. The molecule has 1 unspecified atom stereocenters. The number of nitrogens with one attached hydrogen (secondary N) is 2. The molecule has 6 nitrogen and oxygen atoms in total. The van der Waals surface area contributed by atoms with Gasteiger partial charge in [0.25, 0.3) is 0 Å². The lowest BCUT2D eigenvalue weighted by Crippen LogP contribution is -2.31. The lowest BCUT2D eigenvalue weighted by Gasteiger charge is -2.18. The van der Waals surface area contributed by atoms with Gasteiger partial charge in [0.1, 0.15) is 12.3 Å². The van der Waals surface area contributed by atoms with Crippen LogP contribution in [0.4, 0.5) is 0 Å². The minimum absolute atomic E-state index is 0.0702. The van der Waals surface area contributed by atoms with Crippen LogP contribution >= 0.6 is 23.8 Å². The molecule has 0 aliphatic carbocycles. The normalized spacial score (nSPS) is 11.8. The number of carbonyl (C=O) groups excluding carboxylic acids is 1. The summed E-state index contributed by atoms with van der Waals surface area (Å²) in [7, 11) is 1.61. The number of H-pyrrole nitrogens is 1. The molecule has 0 bridgehead atoms. The van der Waals surface area contributed by atoms with E-state index < -0.39 is 0 Å². The molecule has 2 aromatic carbocycles. The summed E-state index contributed by atoms with van der Waals surface area (Å²) in [6, 6.07) is 14.8. The van der Waals surface area contributed by atoms with Crippen LogP contribution in [0.25, 0.3) is 11.4 Å². The number of carbonyl (C=O) groups is 1. The summed E-state index contributed by atoms with van der Waals surface area (Å²) in [6.45, 7) is 2.09. The van der Waals surface area contributed by atoms with Crippen molar-refractivity contribution in [3.8, 4) is 17.1 Å². The van der Waals surface area contributed by atoms with Crippen LogP contribution in [-0.4, -0.2) is 27.8 Å². The Morgan fingerprint density at radius 2 is 1.93 bits per heavy atom. The molecule has 1 amide bonds. The van der Waals surface area contributed by atoms with Crippen molar-refractivity contribution in [2.24, 2.45) is 0 Å². The van der Waals surface area contributed by atoms with Gasteiger partial charge in [-0.3, -0.25) is 14.5 Å². The fraction of sp³-hybridized carbons (Fsp3) is 0.250. The monoisotopic (exact) mass is 416 g/mol. The minimum Gasteiger partial charge on any atom is -0.497 e. The molecule has 0 aliphatic rings. The first-order valence-corrected chi connectivity index (χ1v) is 9.65. The van der Waals surface area contributed by atoms with E-state index in [2.05, 4.69) is 15.5 Å². The number of ether oxygens (including phenoxy) is 1. The third-order valence-electron chi connectivity index (χ3n) is 4.42. The molecule has 0 aliphatic heterocycles. The average Bonchev–Trinajstić information content (AvgIpc) is 3.07. The first kappa shape index (κ1) is 20.1. The van der Waals surface area contributed by atoms with Crippen LogP contribution in [0, 0.1) is 4.77 Å². The summed E-state index contributed by atoms with van der Waals surface area (Å²) in [5.74, 6) is 1.20. The molecule has 0 spiro atoms. The molecule has 3 rings (SSSR count). The number of halogens is 1. The van der Waals surface area contributed by atoms with Gasteiger partial charge in [0, 0.05) is 10.6 Å². The Morgan fingerprint density at radius 1 is 1.25 bits per heavy atom. The van der Waals surface area contributed by atoms with E-state index >= 15 is 0 Å². The second kappa shape index (κ2) is 9.03. The zero-order chi connectivity index (χ0) is 20.1. The lowest BCUT2D eigenvalue weighted by molar-refractivity contribution is -0.122. The van der Waals surface area contributed by atoms with Crippen molar-refractivity contribution in [1.82, 2.24) is 20.1 Å². The zero-order valence-electron chi connectivity index (χ0n) is 15.6. The Labute approximate surface area is 173 Å². The molecule has 1 aromatic heterocycles. The highest BCUT2D eigenvalue weighted by molar-refractivity contribution is 7.71. The molecule has 2 N–H and O–H groups in total. The van der Waals surface area contributed by atoms with Crippen LogP contribution in [0.15, 0.2) is 48.5 Å². The van der Waals surface area contributed by atoms with Gasteiger partial charge >= 0.3 is 0 Å². The van der Waals surface area contributed by atoms with Crippen LogP contribution < -0.4 is 10.1 Å². The number of hydrogen-bond donors (Lipinski definition) is 2. The average molecular weight is 417 g/mol. The summed E-state index contributed by atoms with van der Waals surface area (Å²) in [5.41, 5.74) is 1.84. The second-order valence-corrected chi connectivity index (χ2v) is 7.07. The Kier molecular flexibility index (Phi) is 6.49. The lowest BCUT2D eigenvalue weighted by atomic mass is 10.0. The molecule has 0 radical (unpaired) electrons. The van der Waals surface area contributed by atoms with Crippen molar-refractivity contribution in [1.29, 1.82) is 0 Å². The highest BCUT2D eigenvalue weighted by atomic mass is 35.5. The molecule has 0 saturated heterocycles. The van der Waals surface area contributed by atoms with Gasteiger partial charge in [-0.25, -0.2) is 0 Å². The van der Waals surface area contributed by atoms with E-state index in [9.17, 15) is 4.79 Å². The van der Waals surface area contributed by atoms with Crippen molar-refractivity contribution < 1.29 is 9.53 Å². The molecule has 146 valence electrons. The van der Waals surface area contributed by atoms with Crippen LogP contribution in [-0.2, 0) is 11.3 Å². The van der Waals surface area contributed by atoms with E-state index in [0.29, 0.717) is 15.6 Å². The van der Waals surface area contributed by atoms with E-state index in [1.54, 1.807) is 11.7 Å².